The second-order valence-electron chi connectivity index (χ2n) is 4.70. The van der Waals surface area contributed by atoms with Crippen molar-refractivity contribution in [3.8, 4) is 0 Å². The molecule has 1 rings (SSSR count). The van der Waals surface area contributed by atoms with Crippen LogP contribution in [0.3, 0.4) is 0 Å². The maximum atomic E-state index is 5.47. The topological polar surface area (TPSA) is 34.1 Å². The molecule has 0 aromatic carbocycles. The van der Waals surface area contributed by atoms with Crippen LogP contribution in [0.4, 0.5) is 0 Å². The standard InChI is InChI=1S/C12H22N2OS/c1-8-9(2)16-11(14-8)10(13-5)7-12(3,4)15-6/h10,13H,7H2,1-6H3. The van der Waals surface area contributed by atoms with Crippen molar-refractivity contribution in [1.29, 1.82) is 0 Å². The summed E-state index contributed by atoms with van der Waals surface area (Å²) < 4.78 is 5.47. The van der Waals surface area contributed by atoms with Gasteiger partial charge in [-0.15, -0.1) is 11.3 Å². The monoisotopic (exact) mass is 242 g/mol. The predicted molar refractivity (Wildman–Crippen MR) is 69.1 cm³/mol. The van der Waals surface area contributed by atoms with E-state index in [-0.39, 0.29) is 11.6 Å². The Morgan fingerprint density at radius 3 is 2.44 bits per heavy atom. The number of hydrogen-bond acceptors (Lipinski definition) is 4. The van der Waals surface area contributed by atoms with Crippen molar-refractivity contribution in [2.45, 2.75) is 45.8 Å². The maximum Gasteiger partial charge on any atom is 0.110 e. The van der Waals surface area contributed by atoms with E-state index in [1.165, 1.54) is 4.88 Å². The molecule has 16 heavy (non-hydrogen) atoms. The molecule has 0 aliphatic rings. The van der Waals surface area contributed by atoms with Crippen molar-refractivity contribution in [3.05, 3.63) is 15.6 Å². The molecule has 92 valence electrons. The number of rotatable bonds is 5. The first kappa shape index (κ1) is 13.6. The van der Waals surface area contributed by atoms with Gasteiger partial charge in [0.1, 0.15) is 5.01 Å². The van der Waals surface area contributed by atoms with Crippen molar-refractivity contribution in [1.82, 2.24) is 10.3 Å². The normalized spacial score (nSPS) is 14.1. The van der Waals surface area contributed by atoms with Gasteiger partial charge in [0.2, 0.25) is 0 Å². The molecule has 0 aliphatic carbocycles. The second kappa shape index (κ2) is 5.25. The van der Waals surface area contributed by atoms with E-state index in [0.717, 1.165) is 17.1 Å². The van der Waals surface area contributed by atoms with E-state index in [1.807, 2.05) is 7.05 Å². The lowest BCUT2D eigenvalue weighted by Crippen LogP contribution is -2.30. The first-order valence-corrected chi connectivity index (χ1v) is 6.37. The minimum absolute atomic E-state index is 0.124. The lowest BCUT2D eigenvalue weighted by molar-refractivity contribution is 0.00742. The predicted octanol–water partition coefficient (Wildman–Crippen LogP) is 2.84. The summed E-state index contributed by atoms with van der Waals surface area (Å²) in [5.74, 6) is 0. The fourth-order valence-electron chi connectivity index (χ4n) is 1.53. The molecule has 0 radical (unpaired) electrons. The van der Waals surface area contributed by atoms with Gasteiger partial charge in [-0.1, -0.05) is 0 Å². The van der Waals surface area contributed by atoms with Crippen LogP contribution in [0.2, 0.25) is 0 Å². The molecule has 1 heterocycles. The first-order valence-electron chi connectivity index (χ1n) is 5.56. The van der Waals surface area contributed by atoms with E-state index in [0.29, 0.717) is 0 Å². The molecule has 1 aromatic heterocycles. The fraction of sp³-hybridized carbons (Fsp3) is 0.750. The number of nitrogens with zero attached hydrogens (tertiary/aromatic N) is 1. The van der Waals surface area contributed by atoms with E-state index in [2.05, 4.69) is 38.0 Å². The van der Waals surface area contributed by atoms with Gasteiger partial charge in [0.05, 0.1) is 17.3 Å². The summed E-state index contributed by atoms with van der Waals surface area (Å²) in [6.07, 6.45) is 0.923. The van der Waals surface area contributed by atoms with Gasteiger partial charge in [-0.2, -0.15) is 0 Å². The lowest BCUT2D eigenvalue weighted by Gasteiger charge is -2.27. The van der Waals surface area contributed by atoms with Crippen LogP contribution in [-0.4, -0.2) is 24.7 Å². The fourth-order valence-corrected chi connectivity index (χ4v) is 2.57. The van der Waals surface area contributed by atoms with Crippen LogP contribution >= 0.6 is 11.3 Å². The van der Waals surface area contributed by atoms with Crippen molar-refractivity contribution >= 4 is 11.3 Å². The highest BCUT2D eigenvalue weighted by atomic mass is 32.1. The minimum atomic E-state index is -0.124. The van der Waals surface area contributed by atoms with Crippen LogP contribution in [-0.2, 0) is 4.74 Å². The van der Waals surface area contributed by atoms with Crippen LogP contribution in [0.1, 0.15) is 41.9 Å². The molecule has 4 heteroatoms. The van der Waals surface area contributed by atoms with Gasteiger partial charge in [-0.05, 0) is 41.2 Å². The van der Waals surface area contributed by atoms with Crippen LogP contribution in [0, 0.1) is 13.8 Å². The largest absolute Gasteiger partial charge is 0.379 e. The van der Waals surface area contributed by atoms with Crippen LogP contribution < -0.4 is 5.32 Å². The van der Waals surface area contributed by atoms with Crippen LogP contribution in [0.5, 0.6) is 0 Å². The third-order valence-electron chi connectivity index (χ3n) is 2.94. The Bertz CT molecular complexity index is 327. The van der Waals surface area contributed by atoms with E-state index in [1.54, 1.807) is 18.4 Å². The van der Waals surface area contributed by atoms with Gasteiger partial charge in [-0.3, -0.25) is 0 Å². The smallest absolute Gasteiger partial charge is 0.110 e. The number of hydrogen-bond donors (Lipinski definition) is 1. The lowest BCUT2D eigenvalue weighted by atomic mass is 9.99. The molecular formula is C12H22N2OS. The molecule has 3 nitrogen and oxygen atoms in total. The van der Waals surface area contributed by atoms with Crippen molar-refractivity contribution in [3.63, 3.8) is 0 Å². The summed E-state index contributed by atoms with van der Waals surface area (Å²) in [6.45, 7) is 8.38. The Balaban J connectivity index is 2.82. The number of methoxy groups -OCH3 is 1. The maximum absolute atomic E-state index is 5.47. The second-order valence-corrected chi connectivity index (χ2v) is 5.94. The molecule has 0 amide bonds. The molecular weight excluding hydrogens is 220 g/mol. The summed E-state index contributed by atoms with van der Waals surface area (Å²) in [7, 11) is 3.73. The van der Waals surface area contributed by atoms with Crippen molar-refractivity contribution in [2.75, 3.05) is 14.2 Å². The Labute approximate surface area is 102 Å². The zero-order chi connectivity index (χ0) is 12.3. The van der Waals surface area contributed by atoms with Gasteiger partial charge in [0.25, 0.3) is 0 Å². The molecule has 1 N–H and O–H groups in total. The highest BCUT2D eigenvalue weighted by molar-refractivity contribution is 7.11. The molecule has 0 saturated carbocycles. The zero-order valence-electron chi connectivity index (χ0n) is 11.0. The highest BCUT2D eigenvalue weighted by Crippen LogP contribution is 2.29. The van der Waals surface area contributed by atoms with Crippen LogP contribution in [0.25, 0.3) is 0 Å². The summed E-state index contributed by atoms with van der Waals surface area (Å²) in [5, 5.41) is 4.47. The summed E-state index contributed by atoms with van der Waals surface area (Å²) in [6, 6.07) is 0.271. The summed E-state index contributed by atoms with van der Waals surface area (Å²) in [4.78, 5) is 5.90. The van der Waals surface area contributed by atoms with E-state index in [4.69, 9.17) is 4.74 Å². The minimum Gasteiger partial charge on any atom is -0.379 e. The zero-order valence-corrected chi connectivity index (χ0v) is 11.9. The number of thiazole rings is 1. The summed E-state index contributed by atoms with van der Waals surface area (Å²) >= 11 is 1.77. The number of ether oxygens (including phenoxy) is 1. The molecule has 0 saturated heterocycles. The van der Waals surface area contributed by atoms with Gasteiger partial charge in [-0.25, -0.2) is 4.98 Å². The third kappa shape index (κ3) is 3.27. The first-order chi connectivity index (χ1) is 7.39. The van der Waals surface area contributed by atoms with Crippen molar-refractivity contribution < 1.29 is 4.74 Å². The average molecular weight is 242 g/mol. The Morgan fingerprint density at radius 2 is 2.06 bits per heavy atom. The highest BCUT2D eigenvalue weighted by Gasteiger charge is 2.25. The van der Waals surface area contributed by atoms with Crippen LogP contribution in [0.15, 0.2) is 0 Å². The van der Waals surface area contributed by atoms with Gasteiger partial charge < -0.3 is 10.1 Å². The molecule has 1 aromatic rings. The number of aryl methyl sites for hydroxylation is 2. The Hall–Kier alpha value is -0.450. The third-order valence-corrected chi connectivity index (χ3v) is 4.13. The molecule has 0 aliphatic heterocycles. The molecule has 0 fully saturated rings. The molecule has 0 bridgehead atoms. The summed E-state index contributed by atoms with van der Waals surface area (Å²) in [5.41, 5.74) is 1.01. The van der Waals surface area contributed by atoms with Gasteiger partial charge in [0.15, 0.2) is 0 Å². The molecule has 1 unspecified atom stereocenters. The molecule has 0 spiro atoms. The van der Waals surface area contributed by atoms with E-state index in [9.17, 15) is 0 Å². The number of aromatic nitrogens is 1. The average Bonchev–Trinajstić information content (AvgIpc) is 2.56. The number of nitrogens with one attached hydrogen (secondary N) is 1. The SMILES string of the molecule is CNC(CC(C)(C)OC)c1nc(C)c(C)s1. The van der Waals surface area contributed by atoms with Gasteiger partial charge >= 0.3 is 0 Å². The van der Waals surface area contributed by atoms with E-state index < -0.39 is 0 Å². The molecule has 1 atom stereocenters. The van der Waals surface area contributed by atoms with Gasteiger partial charge in [0, 0.05) is 12.0 Å². The van der Waals surface area contributed by atoms with Crippen molar-refractivity contribution in [2.24, 2.45) is 0 Å². The Morgan fingerprint density at radius 1 is 1.44 bits per heavy atom. The quantitative estimate of drug-likeness (QED) is 0.862. The van der Waals surface area contributed by atoms with E-state index >= 15 is 0 Å². The Kier molecular flexibility index (Phi) is 4.47.